The lowest BCUT2D eigenvalue weighted by atomic mass is 10.1. The van der Waals surface area contributed by atoms with Gasteiger partial charge in [0.15, 0.2) is 0 Å². The van der Waals surface area contributed by atoms with Crippen LogP contribution in [0.5, 0.6) is 0 Å². The van der Waals surface area contributed by atoms with Crippen molar-refractivity contribution in [2.45, 2.75) is 4.90 Å². The van der Waals surface area contributed by atoms with Gasteiger partial charge in [-0.15, -0.1) is 0 Å². The lowest BCUT2D eigenvalue weighted by Gasteiger charge is -2.34. The molecular weight excluding hydrogens is 387 g/mol. The van der Waals surface area contributed by atoms with E-state index in [0.717, 1.165) is 6.07 Å². The molecular formula is C19H19FN2O5S. The van der Waals surface area contributed by atoms with Crippen LogP contribution in [0.4, 0.5) is 4.39 Å². The third-order valence-corrected chi connectivity index (χ3v) is 6.47. The van der Waals surface area contributed by atoms with E-state index < -0.39 is 21.8 Å². The molecule has 0 N–H and O–H groups in total. The standard InChI is InChI=1S/C19H19FN2O5S/c1-27-19(24)15-8-6-14(7-9-15)18(23)21-10-12-22(13-11-21)28(25,26)17-5-3-2-4-16(17)20/h2-9H,10-13H2,1H3. The number of carbonyl (C=O) groups excluding carboxylic acids is 2. The molecule has 0 atom stereocenters. The number of ether oxygens (including phenoxy) is 1. The van der Waals surface area contributed by atoms with Gasteiger partial charge in [-0.3, -0.25) is 4.79 Å². The summed E-state index contributed by atoms with van der Waals surface area (Å²) in [6.45, 7) is 0.516. The number of esters is 1. The zero-order valence-electron chi connectivity index (χ0n) is 15.2. The van der Waals surface area contributed by atoms with Crippen molar-refractivity contribution in [3.05, 3.63) is 65.5 Å². The van der Waals surface area contributed by atoms with Crippen molar-refractivity contribution >= 4 is 21.9 Å². The van der Waals surface area contributed by atoms with Crippen molar-refractivity contribution in [2.24, 2.45) is 0 Å². The number of piperazine rings is 1. The molecule has 1 aliphatic heterocycles. The molecule has 0 saturated carbocycles. The van der Waals surface area contributed by atoms with Crippen LogP contribution < -0.4 is 0 Å². The Labute approximate surface area is 162 Å². The van der Waals surface area contributed by atoms with E-state index in [1.54, 1.807) is 0 Å². The highest BCUT2D eigenvalue weighted by atomic mass is 32.2. The second-order valence-electron chi connectivity index (χ2n) is 6.20. The maximum atomic E-state index is 13.9. The Morgan fingerprint density at radius 2 is 1.50 bits per heavy atom. The first-order valence-electron chi connectivity index (χ1n) is 8.57. The third kappa shape index (κ3) is 3.90. The topological polar surface area (TPSA) is 84.0 Å². The average molecular weight is 406 g/mol. The molecule has 1 heterocycles. The Bertz CT molecular complexity index is 984. The van der Waals surface area contributed by atoms with Gasteiger partial charge in [0, 0.05) is 31.7 Å². The Morgan fingerprint density at radius 3 is 2.07 bits per heavy atom. The fourth-order valence-electron chi connectivity index (χ4n) is 2.97. The summed E-state index contributed by atoms with van der Waals surface area (Å²) in [6.07, 6.45) is 0. The van der Waals surface area contributed by atoms with Gasteiger partial charge in [0.1, 0.15) is 10.7 Å². The van der Waals surface area contributed by atoms with Crippen molar-refractivity contribution in [2.75, 3.05) is 33.3 Å². The van der Waals surface area contributed by atoms with Gasteiger partial charge in [-0.05, 0) is 36.4 Å². The molecule has 0 unspecified atom stereocenters. The van der Waals surface area contributed by atoms with Gasteiger partial charge in [-0.2, -0.15) is 4.31 Å². The minimum absolute atomic E-state index is 0.0721. The molecule has 1 aliphatic rings. The summed E-state index contributed by atoms with van der Waals surface area (Å²) in [5, 5.41) is 0. The first kappa shape index (κ1) is 20.0. The Morgan fingerprint density at radius 1 is 0.929 bits per heavy atom. The van der Waals surface area contributed by atoms with Crippen LogP contribution in [0.25, 0.3) is 0 Å². The van der Waals surface area contributed by atoms with Crippen LogP contribution >= 0.6 is 0 Å². The monoisotopic (exact) mass is 406 g/mol. The Kier molecular flexibility index (Phi) is 5.76. The summed E-state index contributed by atoms with van der Waals surface area (Å²) < 4.78 is 44.9. The summed E-state index contributed by atoms with van der Waals surface area (Å²) >= 11 is 0. The molecule has 3 rings (SSSR count). The molecule has 1 fully saturated rings. The zero-order chi connectivity index (χ0) is 20.3. The van der Waals surface area contributed by atoms with Gasteiger partial charge >= 0.3 is 5.97 Å². The molecule has 1 saturated heterocycles. The number of methoxy groups -OCH3 is 1. The number of halogens is 1. The van der Waals surface area contributed by atoms with Crippen LogP contribution in [0.2, 0.25) is 0 Å². The van der Waals surface area contributed by atoms with E-state index in [9.17, 15) is 22.4 Å². The van der Waals surface area contributed by atoms with Gasteiger partial charge in [-0.1, -0.05) is 12.1 Å². The van der Waals surface area contributed by atoms with Crippen molar-refractivity contribution in [1.82, 2.24) is 9.21 Å². The summed E-state index contributed by atoms with van der Waals surface area (Å²) in [7, 11) is -2.68. The lowest BCUT2D eigenvalue weighted by molar-refractivity contribution is 0.0599. The van der Waals surface area contributed by atoms with Crippen LogP contribution in [0.3, 0.4) is 0 Å². The number of benzene rings is 2. The second kappa shape index (κ2) is 8.07. The highest BCUT2D eigenvalue weighted by Crippen LogP contribution is 2.21. The molecule has 28 heavy (non-hydrogen) atoms. The number of amides is 1. The van der Waals surface area contributed by atoms with Crippen LogP contribution in [-0.4, -0.2) is 62.8 Å². The van der Waals surface area contributed by atoms with E-state index in [-0.39, 0.29) is 37.0 Å². The van der Waals surface area contributed by atoms with E-state index in [1.165, 1.54) is 58.8 Å². The molecule has 1 amide bonds. The normalized spacial score (nSPS) is 15.3. The van der Waals surface area contributed by atoms with Gasteiger partial charge in [0.25, 0.3) is 5.91 Å². The van der Waals surface area contributed by atoms with Crippen LogP contribution in [0, 0.1) is 5.82 Å². The summed E-state index contributed by atoms with van der Waals surface area (Å²) in [6, 6.07) is 11.3. The first-order valence-corrected chi connectivity index (χ1v) is 10.0. The predicted octanol–water partition coefficient (Wildman–Crippen LogP) is 1.76. The Balaban J connectivity index is 1.67. The molecule has 148 valence electrons. The fourth-order valence-corrected chi connectivity index (χ4v) is 4.46. The minimum atomic E-state index is -3.96. The zero-order valence-corrected chi connectivity index (χ0v) is 16.0. The first-order chi connectivity index (χ1) is 13.3. The number of hydrogen-bond acceptors (Lipinski definition) is 5. The number of hydrogen-bond donors (Lipinski definition) is 0. The van der Waals surface area contributed by atoms with E-state index in [4.69, 9.17) is 0 Å². The summed E-state index contributed by atoms with van der Waals surface area (Å²) in [5.41, 5.74) is 0.720. The fraction of sp³-hybridized carbons (Fsp3) is 0.263. The van der Waals surface area contributed by atoms with Crippen LogP contribution in [0.1, 0.15) is 20.7 Å². The molecule has 2 aromatic carbocycles. The maximum Gasteiger partial charge on any atom is 0.337 e. The highest BCUT2D eigenvalue weighted by molar-refractivity contribution is 7.89. The quantitative estimate of drug-likeness (QED) is 0.723. The van der Waals surface area contributed by atoms with Gasteiger partial charge in [0.05, 0.1) is 12.7 Å². The van der Waals surface area contributed by atoms with E-state index >= 15 is 0 Å². The molecule has 0 bridgehead atoms. The largest absolute Gasteiger partial charge is 0.465 e. The SMILES string of the molecule is COC(=O)c1ccc(C(=O)N2CCN(S(=O)(=O)c3ccccc3F)CC2)cc1. The predicted molar refractivity (Wildman–Crippen MR) is 98.8 cm³/mol. The number of nitrogens with zero attached hydrogens (tertiary/aromatic N) is 2. The summed E-state index contributed by atoms with van der Waals surface area (Å²) in [4.78, 5) is 25.2. The molecule has 0 spiro atoms. The second-order valence-corrected chi connectivity index (χ2v) is 8.10. The van der Waals surface area contributed by atoms with Crippen molar-refractivity contribution in [1.29, 1.82) is 0 Å². The van der Waals surface area contributed by atoms with Crippen molar-refractivity contribution in [3.63, 3.8) is 0 Å². The minimum Gasteiger partial charge on any atom is -0.465 e. The molecule has 0 radical (unpaired) electrons. The van der Waals surface area contributed by atoms with Gasteiger partial charge in [0.2, 0.25) is 10.0 Å². The lowest BCUT2D eigenvalue weighted by Crippen LogP contribution is -2.50. The highest BCUT2D eigenvalue weighted by Gasteiger charge is 2.32. The number of carbonyl (C=O) groups is 2. The van der Waals surface area contributed by atoms with Crippen molar-refractivity contribution < 1.29 is 27.1 Å². The van der Waals surface area contributed by atoms with E-state index in [0.29, 0.717) is 11.1 Å². The molecule has 0 aromatic heterocycles. The number of sulfonamides is 1. The smallest absolute Gasteiger partial charge is 0.337 e. The average Bonchev–Trinajstić information content (AvgIpc) is 2.73. The van der Waals surface area contributed by atoms with Gasteiger partial charge < -0.3 is 9.64 Å². The maximum absolute atomic E-state index is 13.9. The van der Waals surface area contributed by atoms with Gasteiger partial charge in [-0.25, -0.2) is 17.6 Å². The molecule has 0 aliphatic carbocycles. The third-order valence-electron chi connectivity index (χ3n) is 4.53. The Hall–Kier alpha value is -2.78. The molecule has 9 heteroatoms. The summed E-state index contributed by atoms with van der Waals surface area (Å²) in [5.74, 6) is -1.56. The molecule has 7 nitrogen and oxygen atoms in total. The number of rotatable bonds is 4. The van der Waals surface area contributed by atoms with E-state index in [2.05, 4.69) is 4.74 Å². The molecule has 2 aromatic rings. The van der Waals surface area contributed by atoms with E-state index in [1.807, 2.05) is 0 Å². The van der Waals surface area contributed by atoms with Crippen LogP contribution in [0.15, 0.2) is 53.4 Å². The van der Waals surface area contributed by atoms with Crippen LogP contribution in [-0.2, 0) is 14.8 Å². The van der Waals surface area contributed by atoms with Crippen molar-refractivity contribution in [3.8, 4) is 0 Å².